The van der Waals surface area contributed by atoms with Gasteiger partial charge >= 0.3 is 6.18 Å². The number of thiazole rings is 1. The van der Waals surface area contributed by atoms with Crippen LogP contribution >= 0.6 is 11.3 Å². The summed E-state index contributed by atoms with van der Waals surface area (Å²) < 4.78 is 45.1. The molecule has 4 aromatic rings. The number of rotatable bonds is 5. The van der Waals surface area contributed by atoms with Gasteiger partial charge in [0.05, 0.1) is 10.3 Å². The number of nitrogens with zero attached hydrogens (tertiary/aromatic N) is 2. The normalized spacial score (nSPS) is 12.1. The predicted molar refractivity (Wildman–Crippen MR) is 119 cm³/mol. The molecule has 0 spiro atoms. The third-order valence-corrected chi connectivity index (χ3v) is 5.59. The number of pyridine rings is 1. The molecule has 0 radical (unpaired) electrons. The Morgan fingerprint density at radius 3 is 2.45 bits per heavy atom. The van der Waals surface area contributed by atoms with E-state index in [1.54, 1.807) is 24.3 Å². The minimum atomic E-state index is -4.40. The van der Waals surface area contributed by atoms with Gasteiger partial charge in [0.1, 0.15) is 11.1 Å². The van der Waals surface area contributed by atoms with Crippen LogP contribution in [0.1, 0.15) is 19.4 Å². The zero-order chi connectivity index (χ0) is 23.8. The minimum absolute atomic E-state index is 0.231. The number of hydrogen-bond donors (Lipinski definition) is 2. The number of para-hydroxylation sites is 1. The molecule has 0 saturated carbocycles. The van der Waals surface area contributed by atoms with E-state index in [2.05, 4.69) is 15.3 Å². The zero-order valence-corrected chi connectivity index (χ0v) is 18.3. The van der Waals surface area contributed by atoms with E-state index in [1.807, 2.05) is 6.07 Å². The number of hydrogen-bond acceptors (Lipinski definition) is 6. The standard InChI is InChI=1S/C23H18F3N3O3S/c1-22(2,31)20(30)29-21-28-19-16(4-3-5-17(19)33-21)32-18-12-14(10-11-27-18)13-6-8-15(9-7-13)23(24,25)26/h3-12,31H,1-2H3,(H,28,29,30). The Morgan fingerprint density at radius 2 is 1.79 bits per heavy atom. The molecule has 2 aromatic heterocycles. The molecule has 33 heavy (non-hydrogen) atoms. The number of carbonyl (C=O) groups excluding carboxylic acids is 1. The first kappa shape index (κ1) is 22.7. The molecule has 2 aromatic carbocycles. The van der Waals surface area contributed by atoms with Gasteiger partial charge in [-0.3, -0.25) is 10.1 Å². The number of aliphatic hydroxyl groups is 1. The van der Waals surface area contributed by atoms with Crippen molar-refractivity contribution in [2.45, 2.75) is 25.6 Å². The molecule has 0 fully saturated rings. The summed E-state index contributed by atoms with van der Waals surface area (Å²) >= 11 is 1.22. The molecule has 0 aliphatic carbocycles. The van der Waals surface area contributed by atoms with Gasteiger partial charge in [-0.2, -0.15) is 13.2 Å². The molecule has 0 unspecified atom stereocenters. The number of halogens is 3. The van der Waals surface area contributed by atoms with Crippen LogP contribution in [0.3, 0.4) is 0 Å². The summed E-state index contributed by atoms with van der Waals surface area (Å²) in [7, 11) is 0. The van der Waals surface area contributed by atoms with Crippen molar-refractivity contribution in [3.8, 4) is 22.8 Å². The van der Waals surface area contributed by atoms with Crippen LogP contribution < -0.4 is 10.1 Å². The van der Waals surface area contributed by atoms with E-state index in [0.717, 1.165) is 16.8 Å². The second kappa shape index (κ2) is 8.45. The fourth-order valence-electron chi connectivity index (χ4n) is 2.92. The Balaban J connectivity index is 1.59. The smallest absolute Gasteiger partial charge is 0.416 e. The second-order valence-electron chi connectivity index (χ2n) is 7.69. The van der Waals surface area contributed by atoms with E-state index in [1.165, 1.54) is 43.5 Å². The van der Waals surface area contributed by atoms with Crippen LogP contribution in [-0.4, -0.2) is 26.6 Å². The number of carbonyl (C=O) groups is 1. The van der Waals surface area contributed by atoms with Crippen molar-refractivity contribution in [3.63, 3.8) is 0 Å². The SMILES string of the molecule is CC(C)(O)C(=O)Nc1nc2c(Oc3cc(-c4ccc(C(F)(F)F)cc4)ccn3)cccc2s1. The van der Waals surface area contributed by atoms with Crippen LogP contribution in [0.5, 0.6) is 11.6 Å². The van der Waals surface area contributed by atoms with Crippen molar-refractivity contribution in [2.75, 3.05) is 5.32 Å². The molecular weight excluding hydrogens is 455 g/mol. The van der Waals surface area contributed by atoms with Crippen LogP contribution in [0.2, 0.25) is 0 Å². The third kappa shape index (κ3) is 5.12. The molecule has 170 valence electrons. The van der Waals surface area contributed by atoms with Crippen molar-refractivity contribution < 1.29 is 27.8 Å². The van der Waals surface area contributed by atoms with Crippen LogP contribution in [-0.2, 0) is 11.0 Å². The van der Waals surface area contributed by atoms with Gasteiger partial charge in [0.25, 0.3) is 5.91 Å². The monoisotopic (exact) mass is 473 g/mol. The maximum absolute atomic E-state index is 12.8. The van der Waals surface area contributed by atoms with E-state index in [9.17, 15) is 23.1 Å². The second-order valence-corrected chi connectivity index (χ2v) is 8.73. The van der Waals surface area contributed by atoms with Gasteiger partial charge in [-0.05, 0) is 55.3 Å². The molecular formula is C23H18F3N3O3S. The van der Waals surface area contributed by atoms with Gasteiger partial charge in [-0.25, -0.2) is 9.97 Å². The van der Waals surface area contributed by atoms with Gasteiger partial charge in [-0.1, -0.05) is 29.5 Å². The van der Waals surface area contributed by atoms with Crippen LogP contribution in [0.15, 0.2) is 60.8 Å². The Morgan fingerprint density at radius 1 is 1.06 bits per heavy atom. The molecule has 0 saturated heterocycles. The maximum atomic E-state index is 12.8. The molecule has 0 aliphatic rings. The van der Waals surface area contributed by atoms with Crippen LogP contribution in [0.25, 0.3) is 21.3 Å². The lowest BCUT2D eigenvalue weighted by molar-refractivity contribution is -0.137. The average Bonchev–Trinajstić information content (AvgIpc) is 3.16. The topological polar surface area (TPSA) is 84.3 Å². The number of anilines is 1. The fourth-order valence-corrected chi connectivity index (χ4v) is 3.80. The van der Waals surface area contributed by atoms with Gasteiger partial charge in [-0.15, -0.1) is 0 Å². The molecule has 0 atom stereocenters. The first-order chi connectivity index (χ1) is 15.5. The lowest BCUT2D eigenvalue weighted by Gasteiger charge is -2.14. The fraction of sp³-hybridized carbons (Fsp3) is 0.174. The van der Waals surface area contributed by atoms with Gasteiger partial charge in [0.2, 0.25) is 5.88 Å². The van der Waals surface area contributed by atoms with Gasteiger partial charge in [0.15, 0.2) is 10.9 Å². The highest BCUT2D eigenvalue weighted by Crippen LogP contribution is 2.36. The van der Waals surface area contributed by atoms with Crippen molar-refractivity contribution in [1.82, 2.24) is 9.97 Å². The summed E-state index contributed by atoms with van der Waals surface area (Å²) in [5.74, 6) is 0.0366. The predicted octanol–water partition coefficient (Wildman–Crippen LogP) is 5.88. The molecule has 6 nitrogen and oxygen atoms in total. The molecule has 2 N–H and O–H groups in total. The van der Waals surface area contributed by atoms with Crippen molar-refractivity contribution in [3.05, 3.63) is 66.4 Å². The first-order valence-electron chi connectivity index (χ1n) is 9.75. The molecule has 0 bridgehead atoms. The molecule has 10 heteroatoms. The lowest BCUT2D eigenvalue weighted by atomic mass is 10.0. The highest BCUT2D eigenvalue weighted by molar-refractivity contribution is 7.22. The summed E-state index contributed by atoms with van der Waals surface area (Å²) in [5.41, 5.74) is -0.564. The highest BCUT2D eigenvalue weighted by Gasteiger charge is 2.30. The number of aromatic nitrogens is 2. The summed E-state index contributed by atoms with van der Waals surface area (Å²) in [4.78, 5) is 20.6. The Bertz CT molecular complexity index is 1310. The van der Waals surface area contributed by atoms with E-state index in [0.29, 0.717) is 27.5 Å². The van der Waals surface area contributed by atoms with E-state index >= 15 is 0 Å². The molecule has 4 rings (SSSR count). The zero-order valence-electron chi connectivity index (χ0n) is 17.5. The number of nitrogens with one attached hydrogen (secondary N) is 1. The number of ether oxygens (including phenoxy) is 1. The van der Waals surface area contributed by atoms with Crippen molar-refractivity contribution in [1.29, 1.82) is 0 Å². The average molecular weight is 473 g/mol. The molecule has 1 amide bonds. The Kier molecular flexibility index (Phi) is 5.81. The number of fused-ring (bicyclic) bond motifs is 1. The largest absolute Gasteiger partial charge is 0.437 e. The summed E-state index contributed by atoms with van der Waals surface area (Å²) in [6.45, 7) is 2.75. The van der Waals surface area contributed by atoms with Crippen LogP contribution in [0.4, 0.5) is 18.3 Å². The maximum Gasteiger partial charge on any atom is 0.416 e. The minimum Gasteiger partial charge on any atom is -0.437 e. The van der Waals surface area contributed by atoms with E-state index < -0.39 is 23.2 Å². The Labute approximate surface area is 190 Å². The number of amides is 1. The van der Waals surface area contributed by atoms with Crippen molar-refractivity contribution in [2.24, 2.45) is 0 Å². The first-order valence-corrected chi connectivity index (χ1v) is 10.6. The summed E-state index contributed by atoms with van der Waals surface area (Å²) in [6, 6.07) is 13.4. The molecule has 2 heterocycles. The highest BCUT2D eigenvalue weighted by atomic mass is 32.1. The van der Waals surface area contributed by atoms with Gasteiger partial charge in [0, 0.05) is 12.3 Å². The Hall–Kier alpha value is -3.50. The van der Waals surface area contributed by atoms with E-state index in [4.69, 9.17) is 4.74 Å². The van der Waals surface area contributed by atoms with Gasteiger partial charge < -0.3 is 9.84 Å². The van der Waals surface area contributed by atoms with Crippen LogP contribution in [0, 0.1) is 0 Å². The summed E-state index contributed by atoms with van der Waals surface area (Å²) in [6.07, 6.45) is -2.90. The number of benzene rings is 2. The van der Waals surface area contributed by atoms with Crippen molar-refractivity contribution >= 4 is 32.6 Å². The quantitative estimate of drug-likeness (QED) is 0.378. The summed E-state index contributed by atoms with van der Waals surface area (Å²) in [5, 5.41) is 12.7. The molecule has 0 aliphatic heterocycles. The number of alkyl halides is 3. The van der Waals surface area contributed by atoms with E-state index in [-0.39, 0.29) is 5.88 Å². The lowest BCUT2D eigenvalue weighted by Crippen LogP contribution is -2.36. The third-order valence-electron chi connectivity index (χ3n) is 4.65.